The first kappa shape index (κ1) is 20.8. The first-order valence-electron chi connectivity index (χ1n) is 9.88. The molecular weight excluding hydrogens is 456 g/mol. The summed E-state index contributed by atoms with van der Waals surface area (Å²) in [5, 5.41) is 7.37. The fraction of sp³-hybridized carbons (Fsp3) is 0.125. The molecule has 0 aliphatic carbocycles. The summed E-state index contributed by atoms with van der Waals surface area (Å²) in [7, 11) is 0. The Balaban J connectivity index is 1.71. The SMILES string of the molecule is CCOc1ccc(-n2nc(C(=O)Nc3ccc(C)cc3)nc2-c2ccc(Br)cc2)cc1. The van der Waals surface area contributed by atoms with Crippen molar-refractivity contribution < 1.29 is 9.53 Å². The van der Waals surface area contributed by atoms with Crippen LogP contribution in [0.3, 0.4) is 0 Å². The molecule has 31 heavy (non-hydrogen) atoms. The third-order valence-corrected chi connectivity index (χ3v) is 5.14. The average molecular weight is 477 g/mol. The normalized spacial score (nSPS) is 10.7. The zero-order valence-corrected chi connectivity index (χ0v) is 18.8. The van der Waals surface area contributed by atoms with Crippen LogP contribution < -0.4 is 10.1 Å². The third-order valence-electron chi connectivity index (χ3n) is 4.61. The highest BCUT2D eigenvalue weighted by atomic mass is 79.9. The molecule has 4 rings (SSSR count). The van der Waals surface area contributed by atoms with E-state index >= 15 is 0 Å². The highest BCUT2D eigenvalue weighted by molar-refractivity contribution is 9.10. The van der Waals surface area contributed by atoms with Crippen LogP contribution in [-0.2, 0) is 0 Å². The molecule has 0 aliphatic rings. The Hall–Kier alpha value is -3.45. The Kier molecular flexibility index (Phi) is 6.13. The van der Waals surface area contributed by atoms with E-state index in [0.717, 1.165) is 27.0 Å². The third kappa shape index (κ3) is 4.83. The molecule has 6 nitrogen and oxygen atoms in total. The molecule has 0 atom stereocenters. The number of aryl methyl sites for hydroxylation is 1. The number of hydrogen-bond donors (Lipinski definition) is 1. The lowest BCUT2D eigenvalue weighted by atomic mass is 10.2. The van der Waals surface area contributed by atoms with Gasteiger partial charge in [0.2, 0.25) is 5.82 Å². The lowest BCUT2D eigenvalue weighted by Crippen LogP contribution is -2.14. The maximum Gasteiger partial charge on any atom is 0.295 e. The highest BCUT2D eigenvalue weighted by Crippen LogP contribution is 2.25. The van der Waals surface area contributed by atoms with Crippen LogP contribution in [0.4, 0.5) is 5.69 Å². The highest BCUT2D eigenvalue weighted by Gasteiger charge is 2.19. The summed E-state index contributed by atoms with van der Waals surface area (Å²) in [5.74, 6) is 1.07. The molecule has 1 aromatic heterocycles. The van der Waals surface area contributed by atoms with Crippen molar-refractivity contribution in [2.24, 2.45) is 0 Å². The predicted molar refractivity (Wildman–Crippen MR) is 125 cm³/mol. The molecule has 0 saturated heterocycles. The average Bonchev–Trinajstić information content (AvgIpc) is 3.22. The fourth-order valence-electron chi connectivity index (χ4n) is 3.05. The van der Waals surface area contributed by atoms with Gasteiger partial charge in [-0.3, -0.25) is 4.79 Å². The van der Waals surface area contributed by atoms with Gasteiger partial charge in [0, 0.05) is 15.7 Å². The van der Waals surface area contributed by atoms with Gasteiger partial charge >= 0.3 is 0 Å². The predicted octanol–water partition coefficient (Wildman–Crippen LogP) is 5.66. The first-order chi connectivity index (χ1) is 15.0. The van der Waals surface area contributed by atoms with Gasteiger partial charge in [0.15, 0.2) is 5.82 Å². The van der Waals surface area contributed by atoms with E-state index in [0.29, 0.717) is 18.1 Å². The summed E-state index contributed by atoms with van der Waals surface area (Å²) >= 11 is 3.45. The molecule has 0 fully saturated rings. The van der Waals surface area contributed by atoms with Crippen molar-refractivity contribution in [1.82, 2.24) is 14.8 Å². The van der Waals surface area contributed by atoms with Crippen LogP contribution in [0.25, 0.3) is 17.1 Å². The number of nitrogens with one attached hydrogen (secondary N) is 1. The molecule has 1 N–H and O–H groups in total. The van der Waals surface area contributed by atoms with Crippen LogP contribution in [0.5, 0.6) is 5.75 Å². The maximum absolute atomic E-state index is 12.8. The van der Waals surface area contributed by atoms with Gasteiger partial charge < -0.3 is 10.1 Å². The van der Waals surface area contributed by atoms with E-state index in [1.165, 1.54) is 0 Å². The molecule has 1 heterocycles. The van der Waals surface area contributed by atoms with Crippen molar-refractivity contribution in [1.29, 1.82) is 0 Å². The molecule has 0 aliphatic heterocycles. The van der Waals surface area contributed by atoms with Crippen LogP contribution in [0, 0.1) is 6.92 Å². The molecule has 0 bridgehead atoms. The van der Waals surface area contributed by atoms with Gasteiger partial charge in [-0.25, -0.2) is 9.67 Å². The quantitative estimate of drug-likeness (QED) is 0.389. The standard InChI is InChI=1S/C24H21BrN4O2/c1-3-31-21-14-12-20(13-15-21)29-23(17-6-8-18(25)9-7-17)27-22(28-29)24(30)26-19-10-4-16(2)5-11-19/h4-15H,3H2,1-2H3,(H,26,30). The zero-order valence-electron chi connectivity index (χ0n) is 17.2. The van der Waals surface area contributed by atoms with E-state index in [4.69, 9.17) is 4.74 Å². The summed E-state index contributed by atoms with van der Waals surface area (Å²) in [4.78, 5) is 17.4. The van der Waals surface area contributed by atoms with Crippen molar-refractivity contribution >= 4 is 27.5 Å². The number of aromatic nitrogens is 3. The summed E-state index contributed by atoms with van der Waals surface area (Å²) in [5.41, 5.74) is 3.44. The molecule has 0 radical (unpaired) electrons. The summed E-state index contributed by atoms with van der Waals surface area (Å²) in [6, 6.07) is 22.8. The number of anilines is 1. The van der Waals surface area contributed by atoms with Crippen molar-refractivity contribution in [3.8, 4) is 22.8 Å². The van der Waals surface area contributed by atoms with Crippen molar-refractivity contribution in [2.45, 2.75) is 13.8 Å². The summed E-state index contributed by atoms with van der Waals surface area (Å²) < 4.78 is 8.16. The minimum absolute atomic E-state index is 0.0902. The Labute approximate surface area is 189 Å². The van der Waals surface area contributed by atoms with Gasteiger partial charge in [-0.2, -0.15) is 0 Å². The van der Waals surface area contributed by atoms with Crippen LogP contribution in [0.2, 0.25) is 0 Å². The Morgan fingerprint density at radius 2 is 1.68 bits per heavy atom. The number of rotatable bonds is 6. The van der Waals surface area contributed by atoms with Crippen molar-refractivity contribution in [3.05, 3.63) is 88.7 Å². The molecule has 0 unspecified atom stereocenters. The first-order valence-corrected chi connectivity index (χ1v) is 10.7. The van der Waals surface area contributed by atoms with Crippen LogP contribution in [0.15, 0.2) is 77.3 Å². The van der Waals surface area contributed by atoms with Crippen molar-refractivity contribution in [2.75, 3.05) is 11.9 Å². The number of hydrogen-bond acceptors (Lipinski definition) is 4. The van der Waals surface area contributed by atoms with Gasteiger partial charge in [-0.05, 0) is 62.4 Å². The van der Waals surface area contributed by atoms with E-state index in [-0.39, 0.29) is 11.7 Å². The molecule has 3 aromatic carbocycles. The number of halogens is 1. The van der Waals surface area contributed by atoms with Gasteiger partial charge in [-0.1, -0.05) is 45.8 Å². The zero-order chi connectivity index (χ0) is 21.8. The van der Waals surface area contributed by atoms with E-state index in [9.17, 15) is 4.79 Å². The van der Waals surface area contributed by atoms with Crippen LogP contribution >= 0.6 is 15.9 Å². The van der Waals surface area contributed by atoms with E-state index in [1.807, 2.05) is 86.6 Å². The monoisotopic (exact) mass is 476 g/mol. The van der Waals surface area contributed by atoms with E-state index in [1.54, 1.807) is 4.68 Å². The number of amides is 1. The molecule has 156 valence electrons. The smallest absolute Gasteiger partial charge is 0.295 e. The maximum atomic E-state index is 12.8. The molecule has 7 heteroatoms. The van der Waals surface area contributed by atoms with E-state index in [2.05, 4.69) is 31.3 Å². The topological polar surface area (TPSA) is 69.0 Å². The summed E-state index contributed by atoms with van der Waals surface area (Å²) in [6.07, 6.45) is 0. The minimum atomic E-state index is -0.369. The van der Waals surface area contributed by atoms with Gasteiger partial charge in [0.05, 0.1) is 12.3 Å². The minimum Gasteiger partial charge on any atom is -0.494 e. The second-order valence-electron chi connectivity index (χ2n) is 6.92. The number of benzene rings is 3. The fourth-order valence-corrected chi connectivity index (χ4v) is 3.31. The Morgan fingerprint density at radius 3 is 2.32 bits per heavy atom. The van der Waals surface area contributed by atoms with Crippen molar-refractivity contribution in [3.63, 3.8) is 0 Å². The Bertz CT molecular complexity index is 1180. The molecular formula is C24H21BrN4O2. The number of carbonyl (C=O) groups is 1. The van der Waals surface area contributed by atoms with Gasteiger partial charge in [0.25, 0.3) is 5.91 Å². The molecule has 0 spiro atoms. The second-order valence-corrected chi connectivity index (χ2v) is 7.84. The number of carbonyl (C=O) groups excluding carboxylic acids is 1. The lowest BCUT2D eigenvalue weighted by molar-refractivity contribution is 0.101. The second kappa shape index (κ2) is 9.14. The Morgan fingerprint density at radius 1 is 1.00 bits per heavy atom. The summed E-state index contributed by atoms with van der Waals surface area (Å²) in [6.45, 7) is 4.53. The molecule has 4 aromatic rings. The van der Waals surface area contributed by atoms with Gasteiger partial charge in [-0.15, -0.1) is 5.10 Å². The largest absolute Gasteiger partial charge is 0.494 e. The number of nitrogens with zero attached hydrogens (tertiary/aromatic N) is 3. The van der Waals surface area contributed by atoms with Gasteiger partial charge in [0.1, 0.15) is 5.75 Å². The van der Waals surface area contributed by atoms with E-state index < -0.39 is 0 Å². The van der Waals surface area contributed by atoms with Crippen LogP contribution in [-0.4, -0.2) is 27.3 Å². The molecule has 0 saturated carbocycles. The van der Waals surface area contributed by atoms with Crippen LogP contribution in [0.1, 0.15) is 23.1 Å². The number of ether oxygens (including phenoxy) is 1. The lowest BCUT2D eigenvalue weighted by Gasteiger charge is -2.08. The molecule has 1 amide bonds.